The van der Waals surface area contributed by atoms with E-state index in [1.807, 2.05) is 24.3 Å². The van der Waals surface area contributed by atoms with Crippen LogP contribution in [0, 0.1) is 0 Å². The molecule has 19 heavy (non-hydrogen) atoms. The second-order valence-corrected chi connectivity index (χ2v) is 4.58. The molecule has 0 amide bonds. The summed E-state index contributed by atoms with van der Waals surface area (Å²) in [7, 11) is 1.68. The molecule has 2 aromatic carbocycles. The van der Waals surface area contributed by atoms with Gasteiger partial charge in [-0.3, -0.25) is 0 Å². The number of aromatic nitrogens is 1. The SMILES string of the molecule is COc1ccc(Cn2ccc3cccc(N)c32)cc1. The molecule has 2 N–H and O–H groups in total. The zero-order chi connectivity index (χ0) is 13.2. The van der Waals surface area contributed by atoms with Gasteiger partial charge < -0.3 is 15.0 Å². The predicted molar refractivity (Wildman–Crippen MR) is 78.4 cm³/mol. The van der Waals surface area contributed by atoms with Gasteiger partial charge in [0.25, 0.3) is 0 Å². The average molecular weight is 252 g/mol. The summed E-state index contributed by atoms with van der Waals surface area (Å²) < 4.78 is 7.34. The Labute approximate surface area is 112 Å². The molecule has 0 atom stereocenters. The van der Waals surface area contributed by atoms with Gasteiger partial charge in [0.05, 0.1) is 18.3 Å². The summed E-state index contributed by atoms with van der Waals surface area (Å²) in [6.07, 6.45) is 2.07. The van der Waals surface area contributed by atoms with E-state index in [9.17, 15) is 0 Å². The van der Waals surface area contributed by atoms with Crippen LogP contribution in [0.5, 0.6) is 5.75 Å². The maximum absolute atomic E-state index is 6.06. The first-order valence-electron chi connectivity index (χ1n) is 6.24. The minimum absolute atomic E-state index is 0.807. The van der Waals surface area contributed by atoms with Crippen LogP contribution in [0.3, 0.4) is 0 Å². The molecule has 3 heteroatoms. The van der Waals surface area contributed by atoms with Crippen LogP contribution in [0.4, 0.5) is 5.69 Å². The van der Waals surface area contributed by atoms with E-state index in [-0.39, 0.29) is 0 Å². The monoisotopic (exact) mass is 252 g/mol. The largest absolute Gasteiger partial charge is 0.497 e. The zero-order valence-electron chi connectivity index (χ0n) is 10.8. The first kappa shape index (κ1) is 11.7. The highest BCUT2D eigenvalue weighted by atomic mass is 16.5. The molecule has 3 aromatic rings. The molecule has 3 rings (SSSR count). The molecular weight excluding hydrogens is 236 g/mol. The molecule has 0 aliphatic heterocycles. The average Bonchev–Trinajstić information content (AvgIpc) is 2.84. The number of nitrogens with two attached hydrogens (primary N) is 1. The van der Waals surface area contributed by atoms with Crippen molar-refractivity contribution in [3.05, 3.63) is 60.3 Å². The molecule has 0 saturated heterocycles. The van der Waals surface area contributed by atoms with E-state index in [0.717, 1.165) is 23.5 Å². The van der Waals surface area contributed by atoms with E-state index in [1.54, 1.807) is 7.11 Å². The van der Waals surface area contributed by atoms with E-state index >= 15 is 0 Å². The van der Waals surface area contributed by atoms with Crippen LogP contribution in [0.2, 0.25) is 0 Å². The van der Waals surface area contributed by atoms with Gasteiger partial charge in [0.1, 0.15) is 5.75 Å². The second-order valence-electron chi connectivity index (χ2n) is 4.58. The molecule has 0 unspecified atom stereocenters. The first-order valence-corrected chi connectivity index (χ1v) is 6.24. The Morgan fingerprint density at radius 3 is 2.58 bits per heavy atom. The molecular formula is C16H16N2O. The highest BCUT2D eigenvalue weighted by Gasteiger charge is 2.04. The standard InChI is InChI=1S/C16H16N2O/c1-19-14-7-5-12(6-8-14)11-18-10-9-13-3-2-4-15(17)16(13)18/h2-10H,11,17H2,1H3. The lowest BCUT2D eigenvalue weighted by atomic mass is 10.2. The minimum Gasteiger partial charge on any atom is -0.497 e. The molecule has 0 fully saturated rings. The fraction of sp³-hybridized carbons (Fsp3) is 0.125. The van der Waals surface area contributed by atoms with Crippen molar-refractivity contribution in [1.29, 1.82) is 0 Å². The van der Waals surface area contributed by atoms with Gasteiger partial charge in [-0.15, -0.1) is 0 Å². The Morgan fingerprint density at radius 1 is 1.05 bits per heavy atom. The van der Waals surface area contributed by atoms with Crippen LogP contribution in [0.1, 0.15) is 5.56 Å². The number of rotatable bonds is 3. The first-order chi connectivity index (χ1) is 9.28. The van der Waals surface area contributed by atoms with Crippen LogP contribution in [0.25, 0.3) is 10.9 Å². The van der Waals surface area contributed by atoms with Gasteiger partial charge in [-0.25, -0.2) is 0 Å². The molecule has 0 aliphatic rings. The van der Waals surface area contributed by atoms with Gasteiger partial charge in [0, 0.05) is 18.1 Å². The number of para-hydroxylation sites is 1. The fourth-order valence-corrected chi connectivity index (χ4v) is 2.35. The minimum atomic E-state index is 0.807. The van der Waals surface area contributed by atoms with Gasteiger partial charge in [0.2, 0.25) is 0 Å². The van der Waals surface area contributed by atoms with E-state index in [4.69, 9.17) is 10.5 Å². The van der Waals surface area contributed by atoms with Crippen molar-refractivity contribution in [3.63, 3.8) is 0 Å². The number of ether oxygens (including phenoxy) is 1. The van der Waals surface area contributed by atoms with Crippen LogP contribution in [-0.2, 0) is 6.54 Å². The summed E-state index contributed by atoms with van der Waals surface area (Å²) in [5.74, 6) is 0.876. The van der Waals surface area contributed by atoms with Crippen LogP contribution in [-0.4, -0.2) is 11.7 Å². The van der Waals surface area contributed by atoms with Crippen LogP contribution < -0.4 is 10.5 Å². The Morgan fingerprint density at radius 2 is 1.84 bits per heavy atom. The molecule has 1 aromatic heterocycles. The van der Waals surface area contributed by atoms with Crippen LogP contribution in [0.15, 0.2) is 54.7 Å². The number of hydrogen-bond acceptors (Lipinski definition) is 2. The van der Waals surface area contributed by atoms with Crippen molar-refractivity contribution in [3.8, 4) is 5.75 Å². The summed E-state index contributed by atoms with van der Waals surface area (Å²) in [6.45, 7) is 0.807. The maximum atomic E-state index is 6.06. The Balaban J connectivity index is 1.96. The van der Waals surface area contributed by atoms with Gasteiger partial charge in [-0.1, -0.05) is 24.3 Å². The highest BCUT2D eigenvalue weighted by Crippen LogP contribution is 2.23. The van der Waals surface area contributed by atoms with Crippen molar-refractivity contribution >= 4 is 16.6 Å². The molecule has 0 saturated carbocycles. The number of anilines is 1. The summed E-state index contributed by atoms with van der Waals surface area (Å²) in [6, 6.07) is 16.2. The maximum Gasteiger partial charge on any atom is 0.118 e. The van der Waals surface area contributed by atoms with Gasteiger partial charge in [-0.2, -0.15) is 0 Å². The Hall–Kier alpha value is -2.42. The number of nitrogens with zero attached hydrogens (tertiary/aromatic N) is 1. The molecule has 1 heterocycles. The molecule has 0 spiro atoms. The summed E-state index contributed by atoms with van der Waals surface area (Å²) in [5.41, 5.74) is 9.20. The van der Waals surface area contributed by atoms with Gasteiger partial charge >= 0.3 is 0 Å². The quantitative estimate of drug-likeness (QED) is 0.727. The summed E-state index contributed by atoms with van der Waals surface area (Å²) >= 11 is 0. The number of hydrogen-bond donors (Lipinski definition) is 1. The number of fused-ring (bicyclic) bond motifs is 1. The van der Waals surface area contributed by atoms with Crippen molar-refractivity contribution in [2.24, 2.45) is 0 Å². The zero-order valence-corrected chi connectivity index (χ0v) is 10.8. The topological polar surface area (TPSA) is 40.2 Å². The Kier molecular flexibility index (Phi) is 2.88. The highest BCUT2D eigenvalue weighted by molar-refractivity contribution is 5.90. The molecule has 0 radical (unpaired) electrons. The summed E-state index contributed by atoms with van der Waals surface area (Å²) in [4.78, 5) is 0. The molecule has 96 valence electrons. The van der Waals surface area contributed by atoms with Crippen molar-refractivity contribution < 1.29 is 4.74 Å². The molecule has 3 nitrogen and oxygen atoms in total. The lowest BCUT2D eigenvalue weighted by Gasteiger charge is -2.08. The number of methoxy groups -OCH3 is 1. The normalized spacial score (nSPS) is 10.8. The van der Waals surface area contributed by atoms with Crippen molar-refractivity contribution in [2.75, 3.05) is 12.8 Å². The second kappa shape index (κ2) is 4.69. The third kappa shape index (κ3) is 2.15. The fourth-order valence-electron chi connectivity index (χ4n) is 2.35. The lowest BCUT2D eigenvalue weighted by molar-refractivity contribution is 0.414. The third-order valence-electron chi connectivity index (χ3n) is 3.33. The lowest BCUT2D eigenvalue weighted by Crippen LogP contribution is -2.00. The number of benzene rings is 2. The van der Waals surface area contributed by atoms with Crippen molar-refractivity contribution in [1.82, 2.24) is 4.57 Å². The Bertz CT molecular complexity index is 698. The third-order valence-corrected chi connectivity index (χ3v) is 3.33. The van der Waals surface area contributed by atoms with E-state index in [2.05, 4.69) is 35.0 Å². The predicted octanol–water partition coefficient (Wildman–Crippen LogP) is 3.28. The van der Waals surface area contributed by atoms with E-state index < -0.39 is 0 Å². The number of nitrogen functional groups attached to an aromatic ring is 1. The smallest absolute Gasteiger partial charge is 0.118 e. The van der Waals surface area contributed by atoms with E-state index in [0.29, 0.717) is 0 Å². The molecule has 0 bridgehead atoms. The van der Waals surface area contributed by atoms with Gasteiger partial charge in [-0.05, 0) is 29.8 Å². The van der Waals surface area contributed by atoms with Gasteiger partial charge in [0.15, 0.2) is 0 Å². The molecule has 0 aliphatic carbocycles. The van der Waals surface area contributed by atoms with Crippen LogP contribution >= 0.6 is 0 Å². The van der Waals surface area contributed by atoms with E-state index in [1.165, 1.54) is 10.9 Å². The van der Waals surface area contributed by atoms with Crippen molar-refractivity contribution in [2.45, 2.75) is 6.54 Å². The summed E-state index contributed by atoms with van der Waals surface area (Å²) in [5, 5.41) is 1.17.